The molecule has 1 saturated carbocycles. The molecule has 0 spiro atoms. The second-order valence-corrected chi connectivity index (χ2v) is 6.27. The number of rotatable bonds is 5. The lowest BCUT2D eigenvalue weighted by Gasteiger charge is -2.26. The minimum absolute atomic E-state index is 0.0659. The van der Waals surface area contributed by atoms with E-state index in [1.165, 1.54) is 36.4 Å². The molecule has 1 aliphatic carbocycles. The second-order valence-electron chi connectivity index (χ2n) is 6.27. The SMILES string of the molecule is Cc1cc(F)cc(C(=O)N(CC(O)c2ccc(F)cc2)C2CC2)c1. The summed E-state index contributed by atoms with van der Waals surface area (Å²) in [5.41, 5.74) is 1.50. The molecule has 2 aromatic rings. The average Bonchev–Trinajstić information content (AvgIpc) is 3.36. The third kappa shape index (κ3) is 3.79. The Morgan fingerprint density at radius 1 is 1.17 bits per heavy atom. The maximum atomic E-state index is 13.6. The third-order valence-electron chi connectivity index (χ3n) is 4.16. The summed E-state index contributed by atoms with van der Waals surface area (Å²) in [6.45, 7) is 1.83. The zero-order chi connectivity index (χ0) is 17.3. The number of aliphatic hydroxyl groups excluding tert-OH is 1. The molecule has 0 aromatic heterocycles. The molecule has 2 aromatic carbocycles. The second kappa shape index (κ2) is 6.69. The first-order chi connectivity index (χ1) is 11.4. The Kier molecular flexibility index (Phi) is 4.62. The zero-order valence-corrected chi connectivity index (χ0v) is 13.4. The van der Waals surface area contributed by atoms with Crippen LogP contribution >= 0.6 is 0 Å². The van der Waals surface area contributed by atoms with E-state index in [0.717, 1.165) is 12.8 Å². The molecule has 1 amide bonds. The van der Waals surface area contributed by atoms with Gasteiger partial charge in [0.1, 0.15) is 11.6 Å². The summed E-state index contributed by atoms with van der Waals surface area (Å²) in [5, 5.41) is 10.4. The molecule has 0 heterocycles. The fourth-order valence-electron chi connectivity index (χ4n) is 2.79. The van der Waals surface area contributed by atoms with Crippen molar-refractivity contribution in [2.45, 2.75) is 31.9 Å². The summed E-state index contributed by atoms with van der Waals surface area (Å²) in [6, 6.07) is 9.85. The standard InChI is InChI=1S/C19H19F2NO2/c1-12-8-14(10-16(21)9-12)19(24)22(17-6-7-17)11-18(23)13-2-4-15(20)5-3-13/h2-5,8-10,17-18,23H,6-7,11H2,1H3. The van der Waals surface area contributed by atoms with Crippen molar-refractivity contribution in [3.8, 4) is 0 Å². The summed E-state index contributed by atoms with van der Waals surface area (Å²) in [4.78, 5) is 14.3. The van der Waals surface area contributed by atoms with Gasteiger partial charge in [-0.2, -0.15) is 0 Å². The Labute approximate surface area is 139 Å². The average molecular weight is 331 g/mol. The summed E-state index contributed by atoms with van der Waals surface area (Å²) in [7, 11) is 0. The van der Waals surface area contributed by atoms with Gasteiger partial charge >= 0.3 is 0 Å². The number of carbonyl (C=O) groups excluding carboxylic acids is 1. The molecule has 0 bridgehead atoms. The molecule has 126 valence electrons. The van der Waals surface area contributed by atoms with Crippen LogP contribution in [0.4, 0.5) is 8.78 Å². The highest BCUT2D eigenvalue weighted by atomic mass is 19.1. The van der Waals surface area contributed by atoms with Crippen molar-refractivity contribution >= 4 is 5.91 Å². The number of carbonyl (C=O) groups is 1. The van der Waals surface area contributed by atoms with Gasteiger partial charge in [0.15, 0.2) is 0 Å². The third-order valence-corrected chi connectivity index (χ3v) is 4.16. The molecule has 1 fully saturated rings. The molecular weight excluding hydrogens is 312 g/mol. The number of hydrogen-bond acceptors (Lipinski definition) is 2. The van der Waals surface area contributed by atoms with E-state index in [1.54, 1.807) is 17.9 Å². The molecule has 1 unspecified atom stereocenters. The maximum absolute atomic E-state index is 13.6. The van der Waals surface area contributed by atoms with Gasteiger partial charge in [-0.25, -0.2) is 8.78 Å². The van der Waals surface area contributed by atoms with Crippen LogP contribution in [0.2, 0.25) is 0 Å². The minimum Gasteiger partial charge on any atom is -0.387 e. The topological polar surface area (TPSA) is 40.5 Å². The van der Waals surface area contributed by atoms with Crippen LogP contribution in [0.1, 0.15) is 40.4 Å². The van der Waals surface area contributed by atoms with E-state index >= 15 is 0 Å². The van der Waals surface area contributed by atoms with Gasteiger partial charge in [-0.05, 0) is 61.2 Å². The van der Waals surface area contributed by atoms with E-state index < -0.39 is 11.9 Å². The van der Waals surface area contributed by atoms with Crippen molar-refractivity contribution in [3.05, 3.63) is 70.8 Å². The lowest BCUT2D eigenvalue weighted by atomic mass is 10.1. The van der Waals surface area contributed by atoms with Crippen LogP contribution in [-0.2, 0) is 0 Å². The quantitative estimate of drug-likeness (QED) is 0.909. The fourth-order valence-corrected chi connectivity index (χ4v) is 2.79. The highest BCUT2D eigenvalue weighted by molar-refractivity contribution is 5.94. The number of halogens is 2. The lowest BCUT2D eigenvalue weighted by molar-refractivity contribution is 0.0602. The van der Waals surface area contributed by atoms with Crippen LogP contribution in [0, 0.1) is 18.6 Å². The monoisotopic (exact) mass is 331 g/mol. The van der Waals surface area contributed by atoms with E-state index in [9.17, 15) is 18.7 Å². The number of benzene rings is 2. The van der Waals surface area contributed by atoms with Crippen LogP contribution in [-0.4, -0.2) is 28.5 Å². The summed E-state index contributed by atoms with van der Waals surface area (Å²) >= 11 is 0. The predicted octanol–water partition coefficient (Wildman–Crippen LogP) is 3.61. The largest absolute Gasteiger partial charge is 0.387 e. The Balaban J connectivity index is 1.79. The van der Waals surface area contributed by atoms with Crippen LogP contribution < -0.4 is 0 Å². The Hall–Kier alpha value is -2.27. The lowest BCUT2D eigenvalue weighted by Crippen LogP contribution is -2.36. The van der Waals surface area contributed by atoms with Crippen LogP contribution in [0.15, 0.2) is 42.5 Å². The van der Waals surface area contributed by atoms with Crippen molar-refractivity contribution < 1.29 is 18.7 Å². The number of aliphatic hydroxyl groups is 1. The first-order valence-electron chi connectivity index (χ1n) is 7.96. The molecule has 1 aliphatic rings. The number of nitrogens with zero attached hydrogens (tertiary/aromatic N) is 1. The van der Waals surface area contributed by atoms with Gasteiger partial charge in [0.05, 0.1) is 12.6 Å². The van der Waals surface area contributed by atoms with Crippen molar-refractivity contribution in [2.75, 3.05) is 6.54 Å². The van der Waals surface area contributed by atoms with Crippen LogP contribution in [0.3, 0.4) is 0 Å². The van der Waals surface area contributed by atoms with Gasteiger partial charge in [0.2, 0.25) is 0 Å². The van der Waals surface area contributed by atoms with Gasteiger partial charge < -0.3 is 10.0 Å². The van der Waals surface area contributed by atoms with Gasteiger partial charge in [0, 0.05) is 11.6 Å². The maximum Gasteiger partial charge on any atom is 0.254 e. The molecule has 0 saturated heterocycles. The number of aryl methyl sites for hydroxylation is 1. The van der Waals surface area contributed by atoms with Crippen LogP contribution in [0.25, 0.3) is 0 Å². The molecule has 3 nitrogen and oxygen atoms in total. The normalized spacial score (nSPS) is 15.2. The van der Waals surface area contributed by atoms with Crippen molar-refractivity contribution in [1.29, 1.82) is 0 Å². The van der Waals surface area contributed by atoms with Gasteiger partial charge in [-0.3, -0.25) is 4.79 Å². The van der Waals surface area contributed by atoms with Gasteiger partial charge in [-0.1, -0.05) is 12.1 Å². The van der Waals surface area contributed by atoms with Crippen LogP contribution in [0.5, 0.6) is 0 Å². The van der Waals surface area contributed by atoms with Crippen molar-refractivity contribution in [2.24, 2.45) is 0 Å². The summed E-state index contributed by atoms with van der Waals surface area (Å²) in [5.74, 6) is -1.12. The predicted molar refractivity (Wildman–Crippen MR) is 86.6 cm³/mol. The first-order valence-corrected chi connectivity index (χ1v) is 7.96. The molecule has 24 heavy (non-hydrogen) atoms. The van der Waals surface area contributed by atoms with E-state index in [-0.39, 0.29) is 29.9 Å². The smallest absolute Gasteiger partial charge is 0.254 e. The zero-order valence-electron chi connectivity index (χ0n) is 13.4. The molecule has 1 atom stereocenters. The van der Waals surface area contributed by atoms with E-state index in [0.29, 0.717) is 11.1 Å². The molecule has 1 N–H and O–H groups in total. The highest BCUT2D eigenvalue weighted by Crippen LogP contribution is 2.30. The molecule has 3 rings (SSSR count). The molecule has 0 radical (unpaired) electrons. The highest BCUT2D eigenvalue weighted by Gasteiger charge is 2.34. The van der Waals surface area contributed by atoms with Crippen molar-refractivity contribution in [3.63, 3.8) is 0 Å². The molecule has 5 heteroatoms. The van der Waals surface area contributed by atoms with Gasteiger partial charge in [-0.15, -0.1) is 0 Å². The Morgan fingerprint density at radius 2 is 1.83 bits per heavy atom. The Bertz CT molecular complexity index is 721. The molecular formula is C19H19F2NO2. The number of amides is 1. The van der Waals surface area contributed by atoms with E-state index in [4.69, 9.17) is 0 Å². The first kappa shape index (κ1) is 16.6. The number of hydrogen-bond donors (Lipinski definition) is 1. The summed E-state index contributed by atoms with van der Waals surface area (Å²) < 4.78 is 26.6. The fraction of sp³-hybridized carbons (Fsp3) is 0.316. The van der Waals surface area contributed by atoms with E-state index in [1.807, 2.05) is 0 Å². The summed E-state index contributed by atoms with van der Waals surface area (Å²) in [6.07, 6.45) is 0.830. The van der Waals surface area contributed by atoms with Gasteiger partial charge in [0.25, 0.3) is 5.91 Å². The Morgan fingerprint density at radius 3 is 2.42 bits per heavy atom. The van der Waals surface area contributed by atoms with E-state index in [2.05, 4.69) is 0 Å². The minimum atomic E-state index is -0.912. The molecule has 0 aliphatic heterocycles. The van der Waals surface area contributed by atoms with Crippen molar-refractivity contribution in [1.82, 2.24) is 4.90 Å².